The molecule has 0 saturated carbocycles. The van der Waals surface area contributed by atoms with Gasteiger partial charge in [0.2, 0.25) is 0 Å². The molecule has 1 saturated heterocycles. The molecule has 1 aliphatic heterocycles. The molecule has 6 heteroatoms. The van der Waals surface area contributed by atoms with Crippen LogP contribution in [0.5, 0.6) is 11.5 Å². The molecule has 126 valence electrons. The van der Waals surface area contributed by atoms with E-state index in [1.807, 2.05) is 18.2 Å². The topological polar surface area (TPSA) is 70.2 Å². The van der Waals surface area contributed by atoms with Crippen LogP contribution in [0.25, 0.3) is 22.0 Å². The summed E-state index contributed by atoms with van der Waals surface area (Å²) in [7, 11) is 0. The number of nitrogens with zero attached hydrogens (tertiary/aromatic N) is 1. The average molecular weight is 346 g/mol. The third-order valence-electron chi connectivity index (χ3n) is 4.36. The highest BCUT2D eigenvalue weighted by atomic mass is 35.5. The quantitative estimate of drug-likeness (QED) is 0.678. The zero-order valence-electron chi connectivity index (χ0n) is 13.2. The molecule has 2 heterocycles. The fourth-order valence-electron chi connectivity index (χ4n) is 3.02. The second kappa shape index (κ2) is 7.11. The third-order valence-corrected chi connectivity index (χ3v) is 4.36. The number of hydrogen-bond donors (Lipinski definition) is 3. The number of ether oxygens (including phenoxy) is 1. The number of benzene rings is 2. The van der Waals surface area contributed by atoms with Crippen LogP contribution in [0.3, 0.4) is 0 Å². The minimum atomic E-state index is 0. The number of phenols is 1. The van der Waals surface area contributed by atoms with E-state index in [0.717, 1.165) is 47.3 Å². The van der Waals surface area contributed by atoms with E-state index < -0.39 is 0 Å². The Kier molecular flexibility index (Phi) is 4.92. The normalized spacial score (nSPS) is 16.9. The van der Waals surface area contributed by atoms with Crippen molar-refractivity contribution in [3.05, 3.63) is 42.6 Å². The Balaban J connectivity index is 0.00000169. The molecule has 1 atom stereocenters. The molecule has 0 spiro atoms. The number of aromatic hydroxyl groups is 1. The number of aromatic nitrogens is 2. The summed E-state index contributed by atoms with van der Waals surface area (Å²) in [6.45, 7) is 2.81. The maximum atomic E-state index is 9.46. The zero-order valence-corrected chi connectivity index (χ0v) is 14.0. The van der Waals surface area contributed by atoms with Gasteiger partial charge in [0, 0.05) is 12.5 Å². The lowest BCUT2D eigenvalue weighted by Gasteiger charge is -2.13. The van der Waals surface area contributed by atoms with Crippen LogP contribution in [0.4, 0.5) is 0 Å². The summed E-state index contributed by atoms with van der Waals surface area (Å²) >= 11 is 0. The number of nitrogens with one attached hydrogen (secondary N) is 2. The van der Waals surface area contributed by atoms with Gasteiger partial charge in [-0.05, 0) is 48.4 Å². The predicted molar refractivity (Wildman–Crippen MR) is 96.9 cm³/mol. The van der Waals surface area contributed by atoms with Crippen molar-refractivity contribution in [2.75, 3.05) is 19.7 Å². The van der Waals surface area contributed by atoms with Gasteiger partial charge >= 0.3 is 0 Å². The number of H-pyrrole nitrogens is 1. The first-order chi connectivity index (χ1) is 11.3. The van der Waals surface area contributed by atoms with Gasteiger partial charge in [-0.2, -0.15) is 5.10 Å². The molecule has 3 N–H and O–H groups in total. The number of halogens is 1. The van der Waals surface area contributed by atoms with Gasteiger partial charge in [0.05, 0.1) is 23.7 Å². The van der Waals surface area contributed by atoms with Gasteiger partial charge in [0.1, 0.15) is 11.5 Å². The van der Waals surface area contributed by atoms with E-state index in [1.54, 1.807) is 18.3 Å². The van der Waals surface area contributed by atoms with Crippen molar-refractivity contribution in [3.8, 4) is 22.6 Å². The first-order valence-electron chi connectivity index (χ1n) is 7.89. The number of phenolic OH excluding ortho intramolecular Hbond substituents is 1. The van der Waals surface area contributed by atoms with Crippen molar-refractivity contribution < 1.29 is 9.84 Å². The predicted octanol–water partition coefficient (Wildman–Crippen LogP) is 3.35. The fourth-order valence-corrected chi connectivity index (χ4v) is 3.02. The second-order valence-electron chi connectivity index (χ2n) is 6.02. The van der Waals surface area contributed by atoms with Crippen molar-refractivity contribution in [1.82, 2.24) is 15.5 Å². The molecule has 24 heavy (non-hydrogen) atoms. The minimum absolute atomic E-state index is 0. The highest BCUT2D eigenvalue weighted by Crippen LogP contribution is 2.32. The summed E-state index contributed by atoms with van der Waals surface area (Å²) in [5, 5.41) is 21.0. The van der Waals surface area contributed by atoms with Crippen LogP contribution in [-0.2, 0) is 0 Å². The summed E-state index contributed by atoms with van der Waals surface area (Å²) < 4.78 is 6.10. The van der Waals surface area contributed by atoms with Crippen molar-refractivity contribution in [2.45, 2.75) is 6.42 Å². The summed E-state index contributed by atoms with van der Waals surface area (Å²) in [6, 6.07) is 11.3. The Morgan fingerprint density at radius 2 is 2.00 bits per heavy atom. The first kappa shape index (κ1) is 16.6. The van der Waals surface area contributed by atoms with Crippen LogP contribution in [0.1, 0.15) is 6.42 Å². The molecule has 5 nitrogen and oxygen atoms in total. The fraction of sp³-hybridized carbons (Fsp3) is 0.278. The Hall–Kier alpha value is -2.24. The zero-order chi connectivity index (χ0) is 15.6. The summed E-state index contributed by atoms with van der Waals surface area (Å²) in [4.78, 5) is 0. The van der Waals surface area contributed by atoms with Gasteiger partial charge in [-0.3, -0.25) is 5.10 Å². The molecule has 3 aromatic rings. The molecule has 0 radical (unpaired) electrons. The van der Waals surface area contributed by atoms with Crippen molar-refractivity contribution in [2.24, 2.45) is 5.92 Å². The average Bonchev–Trinajstić information content (AvgIpc) is 3.24. The summed E-state index contributed by atoms with van der Waals surface area (Å²) in [5.74, 6) is 1.68. The molecule has 0 aliphatic carbocycles. The van der Waals surface area contributed by atoms with Gasteiger partial charge in [-0.1, -0.05) is 12.1 Å². The summed E-state index contributed by atoms with van der Waals surface area (Å²) in [5.41, 5.74) is 3.03. The van der Waals surface area contributed by atoms with Crippen molar-refractivity contribution in [3.63, 3.8) is 0 Å². The molecule has 1 fully saturated rings. The smallest absolute Gasteiger partial charge is 0.130 e. The van der Waals surface area contributed by atoms with Crippen LogP contribution in [0.15, 0.2) is 42.6 Å². The molecule has 0 amide bonds. The van der Waals surface area contributed by atoms with Crippen molar-refractivity contribution >= 4 is 23.3 Å². The van der Waals surface area contributed by atoms with Crippen LogP contribution in [0, 0.1) is 5.92 Å². The van der Waals surface area contributed by atoms with Gasteiger partial charge in [0.25, 0.3) is 0 Å². The lowest BCUT2D eigenvalue weighted by atomic mass is 10.0. The first-order valence-corrected chi connectivity index (χ1v) is 7.89. The number of hydrogen-bond acceptors (Lipinski definition) is 4. The van der Waals surface area contributed by atoms with Crippen molar-refractivity contribution in [1.29, 1.82) is 0 Å². The number of aromatic amines is 1. The lowest BCUT2D eigenvalue weighted by molar-refractivity contribution is 0.263. The van der Waals surface area contributed by atoms with E-state index in [1.165, 1.54) is 0 Å². The SMILES string of the molecule is Cl.Oc1ccc(-c2cc(OCC3CCNC3)c3cn[nH]c3c2)cc1. The maximum Gasteiger partial charge on any atom is 0.130 e. The number of fused-ring (bicyclic) bond motifs is 1. The van der Waals surface area contributed by atoms with Gasteiger partial charge in [0.15, 0.2) is 0 Å². The Morgan fingerprint density at radius 1 is 1.17 bits per heavy atom. The minimum Gasteiger partial charge on any atom is -0.508 e. The van der Waals surface area contributed by atoms with Crippen LogP contribution in [-0.4, -0.2) is 35.0 Å². The molecule has 2 aromatic carbocycles. The third kappa shape index (κ3) is 3.32. The van der Waals surface area contributed by atoms with Crippen LogP contribution < -0.4 is 10.1 Å². The Morgan fingerprint density at radius 3 is 2.75 bits per heavy atom. The van der Waals surface area contributed by atoms with Gasteiger partial charge in [-0.25, -0.2) is 0 Å². The van der Waals surface area contributed by atoms with E-state index in [9.17, 15) is 5.11 Å². The number of rotatable bonds is 4. The maximum absolute atomic E-state index is 9.46. The molecular formula is C18H20ClN3O2. The van der Waals surface area contributed by atoms with E-state index in [-0.39, 0.29) is 18.2 Å². The van der Waals surface area contributed by atoms with E-state index in [0.29, 0.717) is 12.5 Å². The van der Waals surface area contributed by atoms with E-state index in [2.05, 4.69) is 21.6 Å². The lowest BCUT2D eigenvalue weighted by Crippen LogP contribution is -2.15. The summed E-state index contributed by atoms with van der Waals surface area (Å²) in [6.07, 6.45) is 2.96. The molecule has 1 unspecified atom stereocenters. The van der Waals surface area contributed by atoms with E-state index in [4.69, 9.17) is 4.74 Å². The van der Waals surface area contributed by atoms with Gasteiger partial charge in [-0.15, -0.1) is 12.4 Å². The Bertz CT molecular complexity index is 811. The molecule has 0 bridgehead atoms. The largest absolute Gasteiger partial charge is 0.508 e. The van der Waals surface area contributed by atoms with Crippen LogP contribution >= 0.6 is 12.4 Å². The highest BCUT2D eigenvalue weighted by molar-refractivity contribution is 5.89. The molecule has 1 aromatic heterocycles. The standard InChI is InChI=1S/C18H19N3O2.ClH/c22-15-3-1-13(2-4-15)14-7-17-16(10-20-21-17)18(8-14)23-11-12-5-6-19-9-12;/h1-4,7-8,10,12,19,22H,5-6,9,11H2,(H,20,21);1H. The Labute approximate surface area is 146 Å². The monoisotopic (exact) mass is 345 g/mol. The van der Waals surface area contributed by atoms with Gasteiger partial charge < -0.3 is 15.2 Å². The van der Waals surface area contributed by atoms with Crippen LogP contribution in [0.2, 0.25) is 0 Å². The highest BCUT2D eigenvalue weighted by Gasteiger charge is 2.16. The van der Waals surface area contributed by atoms with E-state index >= 15 is 0 Å². The molecular weight excluding hydrogens is 326 g/mol. The second-order valence-corrected chi connectivity index (χ2v) is 6.02. The molecule has 4 rings (SSSR count). The molecule has 1 aliphatic rings.